The van der Waals surface area contributed by atoms with Crippen LogP contribution in [0.25, 0.3) is 0 Å². The summed E-state index contributed by atoms with van der Waals surface area (Å²) >= 11 is 3.47. The van der Waals surface area contributed by atoms with E-state index in [1.54, 1.807) is 0 Å². The molecule has 0 radical (unpaired) electrons. The third-order valence-corrected chi connectivity index (χ3v) is 4.87. The SMILES string of the molecule is C[C@H](NC(=O)C1CCCCC1C(=O)O)c1ccccc1Br. The van der Waals surface area contributed by atoms with Crippen molar-refractivity contribution in [2.24, 2.45) is 11.8 Å². The minimum absolute atomic E-state index is 0.148. The predicted molar refractivity (Wildman–Crippen MR) is 83.8 cm³/mol. The predicted octanol–water partition coefficient (Wildman–Crippen LogP) is 3.52. The van der Waals surface area contributed by atoms with E-state index in [1.165, 1.54) is 0 Å². The maximum Gasteiger partial charge on any atom is 0.307 e. The number of amides is 1. The van der Waals surface area contributed by atoms with Crippen LogP contribution in [0.3, 0.4) is 0 Å². The summed E-state index contributed by atoms with van der Waals surface area (Å²) in [5.74, 6) is -1.97. The lowest BCUT2D eigenvalue weighted by molar-refractivity contribution is -0.149. The minimum atomic E-state index is -0.858. The van der Waals surface area contributed by atoms with E-state index in [4.69, 9.17) is 0 Å². The van der Waals surface area contributed by atoms with Gasteiger partial charge in [0, 0.05) is 4.47 Å². The first-order valence-electron chi connectivity index (χ1n) is 7.28. The molecule has 2 unspecified atom stereocenters. The van der Waals surface area contributed by atoms with Crippen LogP contribution in [-0.2, 0) is 9.59 Å². The minimum Gasteiger partial charge on any atom is -0.481 e. The third kappa shape index (κ3) is 3.84. The Bertz CT molecular complexity index is 532. The zero-order chi connectivity index (χ0) is 15.4. The summed E-state index contributed by atoms with van der Waals surface area (Å²) in [7, 11) is 0. The first kappa shape index (κ1) is 16.0. The molecular formula is C16H20BrNO3. The standard InChI is InChI=1S/C16H20BrNO3/c1-10(11-6-4-5-9-14(11)17)18-15(19)12-7-2-3-8-13(12)16(20)21/h4-6,9-10,12-13H,2-3,7-8H2,1H3,(H,18,19)(H,20,21)/t10-,12?,13?/m0/s1. The van der Waals surface area contributed by atoms with Crippen molar-refractivity contribution in [3.05, 3.63) is 34.3 Å². The molecule has 1 aromatic rings. The molecule has 2 rings (SSSR count). The van der Waals surface area contributed by atoms with Gasteiger partial charge >= 0.3 is 5.97 Å². The number of benzene rings is 1. The van der Waals surface area contributed by atoms with Crippen LogP contribution in [0.4, 0.5) is 0 Å². The highest BCUT2D eigenvalue weighted by atomic mass is 79.9. The number of nitrogens with one attached hydrogen (secondary N) is 1. The van der Waals surface area contributed by atoms with Crippen molar-refractivity contribution in [2.45, 2.75) is 38.6 Å². The fourth-order valence-corrected chi connectivity index (χ4v) is 3.59. The Morgan fingerprint density at radius 2 is 1.86 bits per heavy atom. The number of halogens is 1. The Kier molecular flexibility index (Phi) is 5.39. The second kappa shape index (κ2) is 7.07. The smallest absolute Gasteiger partial charge is 0.307 e. The molecular weight excluding hydrogens is 334 g/mol. The molecule has 0 saturated heterocycles. The van der Waals surface area contributed by atoms with Gasteiger partial charge in [-0.05, 0) is 31.4 Å². The number of hydrogen-bond acceptors (Lipinski definition) is 2. The maximum atomic E-state index is 12.4. The zero-order valence-corrected chi connectivity index (χ0v) is 13.6. The van der Waals surface area contributed by atoms with Crippen molar-refractivity contribution in [1.82, 2.24) is 5.32 Å². The molecule has 21 heavy (non-hydrogen) atoms. The third-order valence-electron chi connectivity index (χ3n) is 4.15. The van der Waals surface area contributed by atoms with Crippen molar-refractivity contribution in [2.75, 3.05) is 0 Å². The van der Waals surface area contributed by atoms with E-state index < -0.39 is 17.8 Å². The van der Waals surface area contributed by atoms with Gasteiger partial charge < -0.3 is 10.4 Å². The quantitative estimate of drug-likeness (QED) is 0.870. The fourth-order valence-electron chi connectivity index (χ4n) is 2.96. The summed E-state index contributed by atoms with van der Waals surface area (Å²) in [4.78, 5) is 23.7. The normalized spacial score (nSPS) is 23.3. The van der Waals surface area contributed by atoms with Gasteiger partial charge in [-0.1, -0.05) is 47.0 Å². The van der Waals surface area contributed by atoms with Crippen molar-refractivity contribution in [3.63, 3.8) is 0 Å². The number of carbonyl (C=O) groups excluding carboxylic acids is 1. The number of hydrogen-bond donors (Lipinski definition) is 2. The van der Waals surface area contributed by atoms with Crippen molar-refractivity contribution >= 4 is 27.8 Å². The van der Waals surface area contributed by atoms with E-state index in [-0.39, 0.29) is 11.9 Å². The summed E-state index contributed by atoms with van der Waals surface area (Å²) in [5, 5.41) is 12.2. The van der Waals surface area contributed by atoms with E-state index in [0.717, 1.165) is 22.9 Å². The number of carbonyl (C=O) groups is 2. The molecule has 1 aliphatic rings. The lowest BCUT2D eigenvalue weighted by Crippen LogP contribution is -2.40. The van der Waals surface area contributed by atoms with Crippen LogP contribution in [0.15, 0.2) is 28.7 Å². The van der Waals surface area contributed by atoms with Crippen LogP contribution in [0.5, 0.6) is 0 Å². The first-order valence-corrected chi connectivity index (χ1v) is 8.07. The Morgan fingerprint density at radius 1 is 1.24 bits per heavy atom. The molecule has 0 aromatic heterocycles. The number of aliphatic carboxylic acids is 1. The van der Waals surface area contributed by atoms with Crippen LogP contribution < -0.4 is 5.32 Å². The molecule has 1 saturated carbocycles. The van der Waals surface area contributed by atoms with Crippen molar-refractivity contribution < 1.29 is 14.7 Å². The molecule has 114 valence electrons. The fraction of sp³-hybridized carbons (Fsp3) is 0.500. The van der Waals surface area contributed by atoms with Gasteiger partial charge in [0.05, 0.1) is 17.9 Å². The number of rotatable bonds is 4. The molecule has 0 bridgehead atoms. The molecule has 0 aliphatic heterocycles. The highest BCUT2D eigenvalue weighted by molar-refractivity contribution is 9.10. The molecule has 1 amide bonds. The molecule has 5 heteroatoms. The van der Waals surface area contributed by atoms with E-state index in [9.17, 15) is 14.7 Å². The molecule has 0 heterocycles. The summed E-state index contributed by atoms with van der Waals surface area (Å²) in [6, 6.07) is 7.57. The lowest BCUT2D eigenvalue weighted by Gasteiger charge is -2.29. The molecule has 1 fully saturated rings. The largest absolute Gasteiger partial charge is 0.481 e. The Labute approximate surface area is 133 Å². The van der Waals surface area contributed by atoms with Gasteiger partial charge in [0.25, 0.3) is 0 Å². The van der Waals surface area contributed by atoms with Gasteiger partial charge in [-0.2, -0.15) is 0 Å². The molecule has 1 aromatic carbocycles. The molecule has 4 nitrogen and oxygen atoms in total. The van der Waals surface area contributed by atoms with E-state index in [1.807, 2.05) is 31.2 Å². The number of carboxylic acid groups (broad SMARTS) is 1. The summed E-state index contributed by atoms with van der Waals surface area (Å²) < 4.78 is 0.941. The van der Waals surface area contributed by atoms with Gasteiger partial charge in [-0.3, -0.25) is 9.59 Å². The lowest BCUT2D eigenvalue weighted by atomic mass is 9.78. The Balaban J connectivity index is 2.06. The second-order valence-electron chi connectivity index (χ2n) is 5.59. The monoisotopic (exact) mass is 353 g/mol. The van der Waals surface area contributed by atoms with Gasteiger partial charge in [-0.15, -0.1) is 0 Å². The summed E-state index contributed by atoms with van der Waals surface area (Å²) in [5.41, 5.74) is 0.994. The topological polar surface area (TPSA) is 66.4 Å². The van der Waals surface area contributed by atoms with E-state index in [2.05, 4.69) is 21.2 Å². The first-order chi connectivity index (χ1) is 10.0. The van der Waals surface area contributed by atoms with Crippen LogP contribution in [0.2, 0.25) is 0 Å². The Hall–Kier alpha value is -1.36. The maximum absolute atomic E-state index is 12.4. The van der Waals surface area contributed by atoms with Crippen LogP contribution >= 0.6 is 15.9 Å². The summed E-state index contributed by atoms with van der Waals surface area (Å²) in [6.45, 7) is 1.91. The number of carboxylic acids is 1. The molecule has 0 spiro atoms. The van der Waals surface area contributed by atoms with Crippen molar-refractivity contribution in [1.29, 1.82) is 0 Å². The van der Waals surface area contributed by atoms with Gasteiger partial charge in [0.2, 0.25) is 5.91 Å². The van der Waals surface area contributed by atoms with Crippen LogP contribution in [0.1, 0.15) is 44.2 Å². The average Bonchev–Trinajstić information content (AvgIpc) is 2.47. The second-order valence-corrected chi connectivity index (χ2v) is 6.44. The van der Waals surface area contributed by atoms with E-state index >= 15 is 0 Å². The molecule has 1 aliphatic carbocycles. The average molecular weight is 354 g/mol. The zero-order valence-electron chi connectivity index (χ0n) is 12.0. The van der Waals surface area contributed by atoms with Crippen LogP contribution in [0, 0.1) is 11.8 Å². The molecule has 3 atom stereocenters. The van der Waals surface area contributed by atoms with E-state index in [0.29, 0.717) is 12.8 Å². The van der Waals surface area contributed by atoms with Gasteiger partial charge in [-0.25, -0.2) is 0 Å². The van der Waals surface area contributed by atoms with Crippen LogP contribution in [-0.4, -0.2) is 17.0 Å². The Morgan fingerprint density at radius 3 is 2.48 bits per heavy atom. The summed E-state index contributed by atoms with van der Waals surface area (Å²) in [6.07, 6.45) is 3.06. The highest BCUT2D eigenvalue weighted by Gasteiger charge is 2.36. The highest BCUT2D eigenvalue weighted by Crippen LogP contribution is 2.31. The van der Waals surface area contributed by atoms with Crippen molar-refractivity contribution in [3.8, 4) is 0 Å². The van der Waals surface area contributed by atoms with Gasteiger partial charge in [0.1, 0.15) is 0 Å². The van der Waals surface area contributed by atoms with Gasteiger partial charge in [0.15, 0.2) is 0 Å². The molecule has 2 N–H and O–H groups in total.